The fourth-order valence-electron chi connectivity index (χ4n) is 4.45. The van der Waals surface area contributed by atoms with E-state index in [0.717, 1.165) is 25.7 Å². The monoisotopic (exact) mass is 429 g/mol. The summed E-state index contributed by atoms with van der Waals surface area (Å²) in [4.78, 5) is 54.4. The van der Waals surface area contributed by atoms with Crippen LogP contribution in [0.1, 0.15) is 69.7 Å². The topological polar surface area (TPSA) is 96.0 Å². The highest BCUT2D eigenvalue weighted by Crippen LogP contribution is 2.45. The SMILES string of the molecule is CCCCCCNC(=O)COC(=O)[C@]12CCC(=O)N1c1ccccc1C(=O)N2C(C)C. The quantitative estimate of drug-likeness (QED) is 0.481. The average Bonchev–Trinajstić information content (AvgIpc) is 3.10. The molecule has 1 saturated heterocycles. The Morgan fingerprint density at radius 2 is 1.90 bits per heavy atom. The summed E-state index contributed by atoms with van der Waals surface area (Å²) in [7, 11) is 0. The summed E-state index contributed by atoms with van der Waals surface area (Å²) < 4.78 is 5.38. The Bertz CT molecular complexity index is 869. The summed E-state index contributed by atoms with van der Waals surface area (Å²) in [5, 5.41) is 2.75. The molecule has 1 aromatic rings. The van der Waals surface area contributed by atoms with Crippen molar-refractivity contribution in [2.45, 2.75) is 71.0 Å². The zero-order valence-electron chi connectivity index (χ0n) is 18.5. The predicted octanol–water partition coefficient (Wildman–Crippen LogP) is 2.61. The third kappa shape index (κ3) is 4.16. The molecule has 3 rings (SSSR count). The number of hydrogen-bond acceptors (Lipinski definition) is 5. The van der Waals surface area contributed by atoms with E-state index in [2.05, 4.69) is 12.2 Å². The van der Waals surface area contributed by atoms with E-state index in [0.29, 0.717) is 17.8 Å². The number of nitrogens with one attached hydrogen (secondary N) is 1. The number of fused-ring (bicyclic) bond motifs is 3. The van der Waals surface area contributed by atoms with Crippen molar-refractivity contribution in [1.82, 2.24) is 10.2 Å². The van der Waals surface area contributed by atoms with Crippen LogP contribution in [-0.2, 0) is 19.1 Å². The normalized spacial score (nSPS) is 20.0. The van der Waals surface area contributed by atoms with Gasteiger partial charge in [0.1, 0.15) is 0 Å². The number of rotatable bonds is 9. The molecule has 1 N–H and O–H groups in total. The first kappa shape index (κ1) is 22.8. The van der Waals surface area contributed by atoms with Crippen molar-refractivity contribution in [3.05, 3.63) is 29.8 Å². The summed E-state index contributed by atoms with van der Waals surface area (Å²) in [6.07, 6.45) is 4.35. The molecule has 0 unspecified atom stereocenters. The Morgan fingerprint density at radius 1 is 1.16 bits per heavy atom. The Balaban J connectivity index is 1.80. The number of benzene rings is 1. The van der Waals surface area contributed by atoms with Crippen LogP contribution in [0.25, 0.3) is 0 Å². The fraction of sp³-hybridized carbons (Fsp3) is 0.565. The molecule has 0 radical (unpaired) electrons. The largest absolute Gasteiger partial charge is 0.452 e. The molecule has 2 aliphatic rings. The zero-order chi connectivity index (χ0) is 22.6. The van der Waals surface area contributed by atoms with Gasteiger partial charge < -0.3 is 15.0 Å². The lowest BCUT2D eigenvalue weighted by Gasteiger charge is -2.50. The first-order chi connectivity index (χ1) is 14.8. The van der Waals surface area contributed by atoms with E-state index in [-0.39, 0.29) is 30.7 Å². The Hall–Kier alpha value is -2.90. The van der Waals surface area contributed by atoms with Gasteiger partial charge in [-0.25, -0.2) is 4.79 Å². The minimum Gasteiger partial charge on any atom is -0.452 e. The van der Waals surface area contributed by atoms with Crippen LogP contribution in [0.5, 0.6) is 0 Å². The minimum absolute atomic E-state index is 0.115. The number of amides is 3. The van der Waals surface area contributed by atoms with E-state index in [1.54, 1.807) is 38.1 Å². The molecule has 2 aliphatic heterocycles. The molecule has 2 heterocycles. The number of unbranched alkanes of at least 4 members (excludes halogenated alkanes) is 3. The molecule has 0 aliphatic carbocycles. The van der Waals surface area contributed by atoms with Crippen LogP contribution in [0.4, 0.5) is 5.69 Å². The number of hydrogen-bond donors (Lipinski definition) is 1. The molecule has 0 spiro atoms. The van der Waals surface area contributed by atoms with Gasteiger partial charge in [0.15, 0.2) is 6.61 Å². The second-order valence-electron chi connectivity index (χ2n) is 8.32. The van der Waals surface area contributed by atoms with E-state index in [1.165, 1.54) is 9.80 Å². The lowest BCUT2D eigenvalue weighted by molar-refractivity contribution is -0.161. The third-order valence-electron chi connectivity index (χ3n) is 5.83. The molecule has 3 amide bonds. The van der Waals surface area contributed by atoms with Gasteiger partial charge in [0.2, 0.25) is 11.6 Å². The molecule has 31 heavy (non-hydrogen) atoms. The molecule has 1 fully saturated rings. The first-order valence-electron chi connectivity index (χ1n) is 11.0. The lowest BCUT2D eigenvalue weighted by atomic mass is 9.95. The van der Waals surface area contributed by atoms with E-state index in [9.17, 15) is 19.2 Å². The van der Waals surface area contributed by atoms with Crippen LogP contribution >= 0.6 is 0 Å². The number of esters is 1. The van der Waals surface area contributed by atoms with Gasteiger partial charge in [0.05, 0.1) is 11.3 Å². The molecule has 8 heteroatoms. The molecule has 0 bridgehead atoms. The highest BCUT2D eigenvalue weighted by molar-refractivity contribution is 6.15. The van der Waals surface area contributed by atoms with Crippen LogP contribution < -0.4 is 10.2 Å². The average molecular weight is 430 g/mol. The summed E-state index contributed by atoms with van der Waals surface area (Å²) in [5.74, 6) is -1.72. The molecule has 1 atom stereocenters. The van der Waals surface area contributed by atoms with Gasteiger partial charge in [0, 0.05) is 25.4 Å². The molecule has 8 nitrogen and oxygen atoms in total. The summed E-state index contributed by atoms with van der Waals surface area (Å²) >= 11 is 0. The molecular weight excluding hydrogens is 398 g/mol. The van der Waals surface area contributed by atoms with Crippen LogP contribution in [0.2, 0.25) is 0 Å². The number of para-hydroxylation sites is 1. The number of ether oxygens (including phenoxy) is 1. The van der Waals surface area contributed by atoms with Gasteiger partial charge in [-0.1, -0.05) is 38.3 Å². The second kappa shape index (κ2) is 9.49. The minimum atomic E-state index is -1.57. The maximum absolute atomic E-state index is 13.3. The van der Waals surface area contributed by atoms with E-state index in [1.807, 2.05) is 0 Å². The molecule has 1 aromatic carbocycles. The van der Waals surface area contributed by atoms with Crippen molar-refractivity contribution in [1.29, 1.82) is 0 Å². The maximum atomic E-state index is 13.3. The molecular formula is C23H31N3O5. The van der Waals surface area contributed by atoms with Gasteiger partial charge >= 0.3 is 5.97 Å². The maximum Gasteiger partial charge on any atom is 0.354 e. The van der Waals surface area contributed by atoms with Crippen LogP contribution in [-0.4, -0.2) is 53.4 Å². The van der Waals surface area contributed by atoms with Gasteiger partial charge in [-0.2, -0.15) is 0 Å². The smallest absolute Gasteiger partial charge is 0.354 e. The van der Waals surface area contributed by atoms with Crippen molar-refractivity contribution in [3.63, 3.8) is 0 Å². The summed E-state index contributed by atoms with van der Waals surface area (Å²) in [6.45, 7) is 5.79. The molecule has 0 aromatic heterocycles. The van der Waals surface area contributed by atoms with Crippen LogP contribution in [0, 0.1) is 0 Å². The van der Waals surface area contributed by atoms with Crippen molar-refractivity contribution >= 4 is 29.4 Å². The van der Waals surface area contributed by atoms with Crippen molar-refractivity contribution < 1.29 is 23.9 Å². The van der Waals surface area contributed by atoms with E-state index in [4.69, 9.17) is 4.74 Å². The summed E-state index contributed by atoms with van der Waals surface area (Å²) in [5.41, 5.74) is -0.790. The van der Waals surface area contributed by atoms with Gasteiger partial charge in [-0.05, 0) is 32.4 Å². The standard InChI is InChI=1S/C23H31N3O5/c1-4-5-6-9-14-24-19(27)15-31-22(30)23-13-12-20(28)26(23)18-11-8-7-10-17(18)21(29)25(23)16(2)3/h7-8,10-11,16H,4-6,9,12-15H2,1-3H3,(H,24,27)/t23-/m0/s1. The highest BCUT2D eigenvalue weighted by atomic mass is 16.5. The Kier molecular flexibility index (Phi) is 6.97. The van der Waals surface area contributed by atoms with E-state index >= 15 is 0 Å². The number of anilines is 1. The van der Waals surface area contributed by atoms with Gasteiger partial charge in [0.25, 0.3) is 11.8 Å². The van der Waals surface area contributed by atoms with Gasteiger partial charge in [-0.3, -0.25) is 19.3 Å². The zero-order valence-corrected chi connectivity index (χ0v) is 18.5. The fourth-order valence-corrected chi connectivity index (χ4v) is 4.45. The Morgan fingerprint density at radius 3 is 2.61 bits per heavy atom. The third-order valence-corrected chi connectivity index (χ3v) is 5.83. The van der Waals surface area contributed by atoms with Crippen molar-refractivity contribution in [3.8, 4) is 0 Å². The number of nitrogens with zero attached hydrogens (tertiary/aromatic N) is 2. The van der Waals surface area contributed by atoms with E-state index < -0.39 is 24.1 Å². The van der Waals surface area contributed by atoms with Gasteiger partial charge in [-0.15, -0.1) is 0 Å². The first-order valence-corrected chi connectivity index (χ1v) is 11.0. The van der Waals surface area contributed by atoms with Crippen molar-refractivity contribution in [2.24, 2.45) is 0 Å². The second-order valence-corrected chi connectivity index (χ2v) is 8.32. The highest BCUT2D eigenvalue weighted by Gasteiger charge is 2.62. The van der Waals surface area contributed by atoms with Crippen LogP contribution in [0.3, 0.4) is 0 Å². The number of carbonyl (C=O) groups is 4. The molecule has 168 valence electrons. The Labute approximate surface area is 182 Å². The summed E-state index contributed by atoms with van der Waals surface area (Å²) in [6, 6.07) is 6.42. The van der Waals surface area contributed by atoms with Crippen molar-refractivity contribution in [2.75, 3.05) is 18.1 Å². The molecule has 0 saturated carbocycles. The van der Waals surface area contributed by atoms with Crippen LogP contribution in [0.15, 0.2) is 24.3 Å². The number of carbonyl (C=O) groups excluding carboxylic acids is 4. The lowest BCUT2D eigenvalue weighted by Crippen LogP contribution is -2.70. The predicted molar refractivity (Wildman–Crippen MR) is 115 cm³/mol.